The standard InChI is InChI=1S/C17H24N2O2/c1-13-10-15(13)18-11-14-6-2-3-7-16(14)21-12-17(20)19-8-4-5-9-19/h2-3,6-7,13,15,18H,4-5,8-12H2,1H3. The third-order valence-electron chi connectivity index (χ3n) is 4.45. The van der Waals surface area contributed by atoms with Crippen molar-refractivity contribution in [3.05, 3.63) is 29.8 Å². The second kappa shape index (κ2) is 6.48. The van der Waals surface area contributed by atoms with Crippen molar-refractivity contribution < 1.29 is 9.53 Å². The molecule has 1 aliphatic heterocycles. The van der Waals surface area contributed by atoms with E-state index < -0.39 is 0 Å². The monoisotopic (exact) mass is 288 g/mol. The lowest BCUT2D eigenvalue weighted by atomic mass is 10.2. The molecule has 2 unspecified atom stereocenters. The number of likely N-dealkylation sites (tertiary alicyclic amines) is 1. The molecule has 0 radical (unpaired) electrons. The Morgan fingerprint density at radius 2 is 2.05 bits per heavy atom. The summed E-state index contributed by atoms with van der Waals surface area (Å²) in [6, 6.07) is 8.63. The molecule has 0 spiro atoms. The van der Waals surface area contributed by atoms with Crippen LogP contribution in [-0.2, 0) is 11.3 Å². The van der Waals surface area contributed by atoms with E-state index in [-0.39, 0.29) is 12.5 Å². The Kier molecular flexibility index (Phi) is 4.44. The zero-order valence-corrected chi connectivity index (χ0v) is 12.7. The maximum Gasteiger partial charge on any atom is 0.260 e. The molecule has 2 aliphatic rings. The zero-order chi connectivity index (χ0) is 14.7. The van der Waals surface area contributed by atoms with E-state index in [9.17, 15) is 4.79 Å². The van der Waals surface area contributed by atoms with Crippen molar-refractivity contribution in [2.24, 2.45) is 5.92 Å². The molecule has 3 rings (SSSR count). The summed E-state index contributed by atoms with van der Waals surface area (Å²) in [5.74, 6) is 1.71. The van der Waals surface area contributed by atoms with Crippen LogP contribution >= 0.6 is 0 Å². The first-order valence-corrected chi connectivity index (χ1v) is 7.96. The van der Waals surface area contributed by atoms with E-state index in [1.165, 1.54) is 6.42 Å². The van der Waals surface area contributed by atoms with E-state index in [0.29, 0.717) is 6.04 Å². The molecule has 1 aromatic rings. The topological polar surface area (TPSA) is 41.6 Å². The van der Waals surface area contributed by atoms with Gasteiger partial charge in [-0.25, -0.2) is 0 Å². The summed E-state index contributed by atoms with van der Waals surface area (Å²) < 4.78 is 5.76. The van der Waals surface area contributed by atoms with Gasteiger partial charge in [-0.05, 0) is 31.2 Å². The number of amides is 1. The van der Waals surface area contributed by atoms with Crippen LogP contribution in [0.2, 0.25) is 0 Å². The summed E-state index contributed by atoms with van der Waals surface area (Å²) in [7, 11) is 0. The van der Waals surface area contributed by atoms with Gasteiger partial charge in [-0.2, -0.15) is 0 Å². The molecule has 1 saturated carbocycles. The molecule has 1 aliphatic carbocycles. The number of para-hydroxylation sites is 1. The Bertz CT molecular complexity index is 497. The molecule has 0 bridgehead atoms. The number of nitrogens with zero attached hydrogens (tertiary/aromatic N) is 1. The van der Waals surface area contributed by atoms with E-state index in [0.717, 1.165) is 49.7 Å². The molecule has 1 saturated heterocycles. The fraction of sp³-hybridized carbons (Fsp3) is 0.588. The summed E-state index contributed by atoms with van der Waals surface area (Å²) >= 11 is 0. The predicted molar refractivity (Wildman–Crippen MR) is 82.2 cm³/mol. The van der Waals surface area contributed by atoms with Gasteiger partial charge in [0.05, 0.1) is 0 Å². The van der Waals surface area contributed by atoms with E-state index >= 15 is 0 Å². The fourth-order valence-corrected chi connectivity index (χ4v) is 2.84. The van der Waals surface area contributed by atoms with Gasteiger partial charge in [0, 0.05) is 31.2 Å². The minimum atomic E-state index is 0.103. The summed E-state index contributed by atoms with van der Waals surface area (Å²) in [5.41, 5.74) is 1.13. The number of hydrogen-bond donors (Lipinski definition) is 1. The van der Waals surface area contributed by atoms with Crippen LogP contribution in [0.1, 0.15) is 31.7 Å². The average molecular weight is 288 g/mol. The van der Waals surface area contributed by atoms with Gasteiger partial charge in [0.25, 0.3) is 5.91 Å². The first kappa shape index (κ1) is 14.4. The van der Waals surface area contributed by atoms with Crippen LogP contribution in [0.25, 0.3) is 0 Å². The maximum absolute atomic E-state index is 12.0. The highest BCUT2D eigenvalue weighted by Crippen LogP contribution is 2.30. The van der Waals surface area contributed by atoms with Crippen molar-refractivity contribution in [2.45, 2.75) is 38.8 Å². The first-order chi connectivity index (χ1) is 10.2. The van der Waals surface area contributed by atoms with Crippen LogP contribution in [0.15, 0.2) is 24.3 Å². The van der Waals surface area contributed by atoms with E-state index in [1.807, 2.05) is 23.1 Å². The van der Waals surface area contributed by atoms with Crippen LogP contribution < -0.4 is 10.1 Å². The lowest BCUT2D eigenvalue weighted by Crippen LogP contribution is -2.32. The first-order valence-electron chi connectivity index (χ1n) is 7.96. The van der Waals surface area contributed by atoms with Crippen LogP contribution in [0.3, 0.4) is 0 Å². The molecule has 1 aromatic carbocycles. The van der Waals surface area contributed by atoms with Crippen molar-refractivity contribution in [3.63, 3.8) is 0 Å². The van der Waals surface area contributed by atoms with Crippen LogP contribution in [0.4, 0.5) is 0 Å². The number of ether oxygens (including phenoxy) is 1. The van der Waals surface area contributed by atoms with Gasteiger partial charge in [0.1, 0.15) is 5.75 Å². The van der Waals surface area contributed by atoms with E-state index in [4.69, 9.17) is 4.74 Å². The summed E-state index contributed by atoms with van der Waals surface area (Å²) in [6.45, 7) is 4.98. The number of hydrogen-bond acceptors (Lipinski definition) is 3. The van der Waals surface area contributed by atoms with E-state index in [1.54, 1.807) is 0 Å². The lowest BCUT2D eigenvalue weighted by molar-refractivity contribution is -0.132. The number of rotatable bonds is 6. The molecule has 1 N–H and O–H groups in total. The van der Waals surface area contributed by atoms with Gasteiger partial charge < -0.3 is 15.0 Å². The molecule has 1 heterocycles. The van der Waals surface area contributed by atoms with Crippen LogP contribution in [0, 0.1) is 5.92 Å². The van der Waals surface area contributed by atoms with E-state index in [2.05, 4.69) is 18.3 Å². The number of carbonyl (C=O) groups is 1. The minimum absolute atomic E-state index is 0.103. The summed E-state index contributed by atoms with van der Waals surface area (Å²) in [6.07, 6.45) is 3.49. The van der Waals surface area contributed by atoms with Crippen LogP contribution in [0.5, 0.6) is 5.75 Å². The number of carbonyl (C=O) groups excluding carboxylic acids is 1. The van der Waals surface area contributed by atoms with Crippen molar-refractivity contribution in [1.82, 2.24) is 10.2 Å². The Balaban J connectivity index is 1.52. The predicted octanol–water partition coefficient (Wildman–Crippen LogP) is 2.19. The van der Waals surface area contributed by atoms with Gasteiger partial charge in [0.2, 0.25) is 0 Å². The highest BCUT2D eigenvalue weighted by atomic mass is 16.5. The third kappa shape index (κ3) is 3.76. The largest absolute Gasteiger partial charge is 0.483 e. The third-order valence-corrected chi connectivity index (χ3v) is 4.45. The van der Waals surface area contributed by atoms with Gasteiger partial charge in [0.15, 0.2) is 6.61 Å². The van der Waals surface area contributed by atoms with Crippen molar-refractivity contribution in [3.8, 4) is 5.75 Å². The van der Waals surface area contributed by atoms with Crippen molar-refractivity contribution in [2.75, 3.05) is 19.7 Å². The molecule has 21 heavy (non-hydrogen) atoms. The Morgan fingerprint density at radius 3 is 2.76 bits per heavy atom. The molecule has 1 amide bonds. The smallest absolute Gasteiger partial charge is 0.260 e. The van der Waals surface area contributed by atoms with Crippen molar-refractivity contribution in [1.29, 1.82) is 0 Å². The van der Waals surface area contributed by atoms with Crippen LogP contribution in [-0.4, -0.2) is 36.5 Å². The SMILES string of the molecule is CC1CC1NCc1ccccc1OCC(=O)N1CCCC1. The van der Waals surface area contributed by atoms with Gasteiger partial charge in [-0.3, -0.25) is 4.79 Å². The number of benzene rings is 1. The van der Waals surface area contributed by atoms with Crippen molar-refractivity contribution >= 4 is 5.91 Å². The normalized spacial score (nSPS) is 24.1. The van der Waals surface area contributed by atoms with Gasteiger partial charge in [-0.15, -0.1) is 0 Å². The Morgan fingerprint density at radius 1 is 1.33 bits per heavy atom. The highest BCUT2D eigenvalue weighted by Gasteiger charge is 2.31. The minimum Gasteiger partial charge on any atom is -0.483 e. The molecule has 2 fully saturated rings. The second-order valence-corrected chi connectivity index (χ2v) is 6.18. The summed E-state index contributed by atoms with van der Waals surface area (Å²) in [4.78, 5) is 13.9. The zero-order valence-electron chi connectivity index (χ0n) is 12.7. The molecular weight excluding hydrogens is 264 g/mol. The molecule has 114 valence electrons. The molecule has 4 heteroatoms. The molecule has 4 nitrogen and oxygen atoms in total. The summed E-state index contributed by atoms with van der Waals surface area (Å²) in [5, 5.41) is 3.53. The Hall–Kier alpha value is -1.55. The molecule has 2 atom stereocenters. The second-order valence-electron chi connectivity index (χ2n) is 6.18. The maximum atomic E-state index is 12.0. The molecular formula is C17H24N2O2. The average Bonchev–Trinajstić information content (AvgIpc) is 2.98. The fourth-order valence-electron chi connectivity index (χ4n) is 2.84. The number of nitrogens with one attached hydrogen (secondary N) is 1. The Labute approximate surface area is 126 Å². The quantitative estimate of drug-likeness (QED) is 0.872. The lowest BCUT2D eigenvalue weighted by Gasteiger charge is -2.17. The van der Waals surface area contributed by atoms with Gasteiger partial charge >= 0.3 is 0 Å². The molecule has 0 aromatic heterocycles. The highest BCUT2D eigenvalue weighted by molar-refractivity contribution is 5.78. The van der Waals surface area contributed by atoms with Gasteiger partial charge in [-0.1, -0.05) is 25.1 Å².